The number of amides is 1. The Labute approximate surface area is 131 Å². The van der Waals surface area contributed by atoms with Crippen LogP contribution in [0, 0.1) is 5.82 Å². The zero-order valence-corrected chi connectivity index (χ0v) is 13.1. The van der Waals surface area contributed by atoms with E-state index in [4.69, 9.17) is 4.74 Å². The molecule has 120 valence electrons. The third-order valence-corrected chi connectivity index (χ3v) is 3.63. The first-order valence-corrected chi connectivity index (χ1v) is 7.56. The zero-order valence-electron chi connectivity index (χ0n) is 13.1. The van der Waals surface area contributed by atoms with Crippen molar-refractivity contribution in [1.29, 1.82) is 0 Å². The van der Waals surface area contributed by atoms with E-state index in [0.29, 0.717) is 19.8 Å². The summed E-state index contributed by atoms with van der Waals surface area (Å²) >= 11 is 0. The molecule has 4 nitrogen and oxygen atoms in total. The third kappa shape index (κ3) is 4.93. The van der Waals surface area contributed by atoms with E-state index < -0.39 is 0 Å². The molecule has 1 amide bonds. The van der Waals surface area contributed by atoms with Gasteiger partial charge in [-0.05, 0) is 31.5 Å². The lowest BCUT2D eigenvalue weighted by atomic mass is 10.0. The molecule has 1 aliphatic rings. The van der Waals surface area contributed by atoms with E-state index in [1.807, 2.05) is 13.8 Å². The third-order valence-electron chi connectivity index (χ3n) is 3.63. The molecule has 1 N–H and O–H groups in total. The van der Waals surface area contributed by atoms with E-state index in [9.17, 15) is 9.18 Å². The molecule has 0 aliphatic carbocycles. The molecule has 1 fully saturated rings. The van der Waals surface area contributed by atoms with Crippen LogP contribution in [0.25, 0.3) is 0 Å². The second kappa shape index (κ2) is 8.06. The Bertz CT molecular complexity index is 518. The van der Waals surface area contributed by atoms with Crippen LogP contribution in [-0.2, 0) is 9.53 Å². The number of rotatable bonds is 5. The highest BCUT2D eigenvalue weighted by Crippen LogP contribution is 2.21. The van der Waals surface area contributed by atoms with Gasteiger partial charge < -0.3 is 10.1 Å². The lowest BCUT2D eigenvalue weighted by Gasteiger charge is -2.34. The lowest BCUT2D eigenvalue weighted by molar-refractivity contribution is -0.116. The van der Waals surface area contributed by atoms with Gasteiger partial charge in [-0.1, -0.05) is 17.7 Å². The molecule has 0 radical (unpaired) electrons. The van der Waals surface area contributed by atoms with Gasteiger partial charge in [-0.15, -0.1) is 0 Å². The van der Waals surface area contributed by atoms with Crippen LogP contribution < -0.4 is 5.32 Å². The topological polar surface area (TPSA) is 41.6 Å². The molecule has 1 aliphatic heterocycles. The van der Waals surface area contributed by atoms with Crippen LogP contribution in [0.2, 0.25) is 0 Å². The second-order valence-electron chi connectivity index (χ2n) is 5.68. The highest BCUT2D eigenvalue weighted by atomic mass is 19.1. The standard InChI is InChI=1S/C17H23FN2O2/c1-13(2)11-17(21)19-12-16(20-7-9-22-10-8-20)14-3-5-15(18)6-4-14/h3-6,11,16H,7-10,12H2,1-2H3,(H,19,21). The number of ether oxygens (including phenoxy) is 1. The van der Waals surface area contributed by atoms with Crippen LogP contribution >= 0.6 is 0 Å². The number of benzene rings is 1. The van der Waals surface area contributed by atoms with Crippen molar-refractivity contribution in [1.82, 2.24) is 10.2 Å². The van der Waals surface area contributed by atoms with Crippen molar-refractivity contribution in [2.24, 2.45) is 0 Å². The van der Waals surface area contributed by atoms with Gasteiger partial charge in [0.05, 0.1) is 19.3 Å². The van der Waals surface area contributed by atoms with E-state index in [1.54, 1.807) is 18.2 Å². The van der Waals surface area contributed by atoms with E-state index in [1.165, 1.54) is 12.1 Å². The predicted octanol–water partition coefficient (Wildman–Crippen LogP) is 2.28. The van der Waals surface area contributed by atoms with Gasteiger partial charge in [-0.25, -0.2) is 4.39 Å². The van der Waals surface area contributed by atoms with Crippen LogP contribution in [0.1, 0.15) is 25.5 Å². The Balaban J connectivity index is 2.09. The van der Waals surface area contributed by atoms with Gasteiger partial charge in [0.2, 0.25) is 5.91 Å². The van der Waals surface area contributed by atoms with Gasteiger partial charge in [0, 0.05) is 25.7 Å². The molecule has 1 saturated heterocycles. The molecule has 22 heavy (non-hydrogen) atoms. The highest BCUT2D eigenvalue weighted by Gasteiger charge is 2.23. The van der Waals surface area contributed by atoms with Crippen molar-refractivity contribution in [3.8, 4) is 0 Å². The average molecular weight is 306 g/mol. The Kier molecular flexibility index (Phi) is 6.10. The van der Waals surface area contributed by atoms with Crippen molar-refractivity contribution < 1.29 is 13.9 Å². The minimum Gasteiger partial charge on any atom is -0.379 e. The first-order valence-electron chi connectivity index (χ1n) is 7.56. The lowest BCUT2D eigenvalue weighted by Crippen LogP contribution is -2.43. The van der Waals surface area contributed by atoms with Crippen LogP contribution in [-0.4, -0.2) is 43.7 Å². The zero-order chi connectivity index (χ0) is 15.9. The molecule has 0 aromatic heterocycles. The van der Waals surface area contributed by atoms with Crippen LogP contribution in [0.5, 0.6) is 0 Å². The molecule has 0 spiro atoms. The monoisotopic (exact) mass is 306 g/mol. The van der Waals surface area contributed by atoms with Crippen molar-refractivity contribution >= 4 is 5.91 Å². The van der Waals surface area contributed by atoms with Crippen molar-refractivity contribution in [3.05, 3.63) is 47.3 Å². The minimum atomic E-state index is -0.252. The normalized spacial score (nSPS) is 16.9. The Morgan fingerprint density at radius 3 is 2.55 bits per heavy atom. The van der Waals surface area contributed by atoms with E-state index >= 15 is 0 Å². The van der Waals surface area contributed by atoms with Crippen molar-refractivity contribution in [2.45, 2.75) is 19.9 Å². The minimum absolute atomic E-state index is 0.0269. The predicted molar refractivity (Wildman–Crippen MR) is 84.0 cm³/mol. The number of nitrogens with one attached hydrogen (secondary N) is 1. The first-order chi connectivity index (χ1) is 10.6. The van der Waals surface area contributed by atoms with Gasteiger partial charge >= 0.3 is 0 Å². The number of morpholine rings is 1. The number of hydrogen-bond acceptors (Lipinski definition) is 3. The van der Waals surface area contributed by atoms with Gasteiger partial charge in [-0.2, -0.15) is 0 Å². The van der Waals surface area contributed by atoms with Crippen molar-refractivity contribution in [3.63, 3.8) is 0 Å². The molecule has 1 aromatic carbocycles. The van der Waals surface area contributed by atoms with Gasteiger partial charge in [0.25, 0.3) is 0 Å². The quantitative estimate of drug-likeness (QED) is 0.849. The number of halogens is 1. The van der Waals surface area contributed by atoms with E-state index in [-0.39, 0.29) is 17.8 Å². The summed E-state index contributed by atoms with van der Waals surface area (Å²) in [4.78, 5) is 14.1. The summed E-state index contributed by atoms with van der Waals surface area (Å²) in [7, 11) is 0. The highest BCUT2D eigenvalue weighted by molar-refractivity contribution is 5.88. The summed E-state index contributed by atoms with van der Waals surface area (Å²) in [5.41, 5.74) is 1.96. The van der Waals surface area contributed by atoms with Gasteiger partial charge in [0.15, 0.2) is 0 Å². The van der Waals surface area contributed by atoms with Gasteiger partial charge in [0.1, 0.15) is 5.82 Å². The molecule has 1 aromatic rings. The summed E-state index contributed by atoms with van der Waals surface area (Å²) in [6, 6.07) is 6.51. The maximum absolute atomic E-state index is 13.1. The molecule has 0 saturated carbocycles. The molecular formula is C17H23FN2O2. The summed E-state index contributed by atoms with van der Waals surface area (Å²) in [5.74, 6) is -0.349. The molecule has 0 bridgehead atoms. The molecule has 1 heterocycles. The van der Waals surface area contributed by atoms with Crippen LogP contribution in [0.15, 0.2) is 35.9 Å². The maximum Gasteiger partial charge on any atom is 0.243 e. The first kappa shape index (κ1) is 16.6. The fourth-order valence-electron chi connectivity index (χ4n) is 2.54. The molecule has 1 atom stereocenters. The summed E-state index contributed by atoms with van der Waals surface area (Å²) in [6.45, 7) is 7.24. The van der Waals surface area contributed by atoms with Gasteiger partial charge in [-0.3, -0.25) is 9.69 Å². The van der Waals surface area contributed by atoms with E-state index in [0.717, 1.165) is 24.2 Å². The summed E-state index contributed by atoms with van der Waals surface area (Å²) < 4.78 is 18.5. The smallest absolute Gasteiger partial charge is 0.243 e. The fraction of sp³-hybridized carbons (Fsp3) is 0.471. The maximum atomic E-state index is 13.1. The second-order valence-corrected chi connectivity index (χ2v) is 5.68. The SMILES string of the molecule is CC(C)=CC(=O)NCC(c1ccc(F)cc1)N1CCOCC1. The fourth-order valence-corrected chi connectivity index (χ4v) is 2.54. The summed E-state index contributed by atoms with van der Waals surface area (Å²) in [5, 5.41) is 2.93. The van der Waals surface area contributed by atoms with Crippen LogP contribution in [0.3, 0.4) is 0 Å². The van der Waals surface area contributed by atoms with E-state index in [2.05, 4.69) is 10.2 Å². The molecule has 1 unspecified atom stereocenters. The molecular weight excluding hydrogens is 283 g/mol. The summed E-state index contributed by atoms with van der Waals surface area (Å²) in [6.07, 6.45) is 1.58. The van der Waals surface area contributed by atoms with Crippen molar-refractivity contribution in [2.75, 3.05) is 32.8 Å². The largest absolute Gasteiger partial charge is 0.379 e. The van der Waals surface area contributed by atoms with Crippen LogP contribution in [0.4, 0.5) is 4.39 Å². The average Bonchev–Trinajstić information content (AvgIpc) is 2.49. The number of carbonyl (C=O) groups is 1. The number of hydrogen-bond donors (Lipinski definition) is 1. The number of carbonyl (C=O) groups excluding carboxylic acids is 1. The number of allylic oxidation sites excluding steroid dienone is 1. The Hall–Kier alpha value is -1.72. The molecule has 5 heteroatoms. The Morgan fingerprint density at radius 2 is 1.95 bits per heavy atom. The Morgan fingerprint density at radius 1 is 1.32 bits per heavy atom. The number of nitrogens with zero attached hydrogens (tertiary/aromatic N) is 1. The molecule has 2 rings (SSSR count).